The first-order valence-electron chi connectivity index (χ1n) is 37.1. The second-order valence-electron chi connectivity index (χ2n) is 27.8. The zero-order valence-electron chi connectivity index (χ0n) is 59.2. The second-order valence-corrected chi connectivity index (χ2v) is 27.8. The molecule has 0 fully saturated rings. The SMILES string of the molecule is c1ccc(N(c2ccccc2)c2ccc3ccc4c(N(c5ccccc5)c5ccccc5)cc(-c5cc6ccccc6c6ccccc56)c5ccc2c3c54)cc1.c1ccc(N(c2ccccc2)c2ccc3ccc4c(N(c5ccccc5)c5ccccc5)cc(-c5ccc6ccccc6c5)c5ccc2c3c54)cc1. The van der Waals surface area contributed by atoms with Crippen molar-refractivity contribution in [1.29, 1.82) is 0 Å². The van der Waals surface area contributed by atoms with Gasteiger partial charge in [0.2, 0.25) is 0 Å². The fourth-order valence-electron chi connectivity index (χ4n) is 16.9. The molecular weight excluding hydrogens is 1310 g/mol. The van der Waals surface area contributed by atoms with Crippen molar-refractivity contribution in [2.75, 3.05) is 19.6 Å². The van der Waals surface area contributed by atoms with Gasteiger partial charge in [0, 0.05) is 77.8 Å². The van der Waals surface area contributed by atoms with Gasteiger partial charge in [0.25, 0.3) is 0 Å². The molecule has 0 aliphatic carbocycles. The third-order valence-electron chi connectivity index (χ3n) is 21.7. The predicted molar refractivity (Wildman–Crippen MR) is 462 cm³/mol. The molecule has 0 aliphatic heterocycles. The van der Waals surface area contributed by atoms with E-state index in [9.17, 15) is 0 Å². The molecular formula is C104H70N4. The summed E-state index contributed by atoms with van der Waals surface area (Å²) in [5.41, 5.74) is 18.4. The minimum absolute atomic E-state index is 1.11. The molecule has 0 heterocycles. The maximum Gasteiger partial charge on any atom is 0.0546 e. The molecule has 0 saturated heterocycles. The molecule has 0 unspecified atom stereocenters. The van der Waals surface area contributed by atoms with E-state index in [-0.39, 0.29) is 0 Å². The molecule has 0 atom stereocenters. The summed E-state index contributed by atoms with van der Waals surface area (Å²) in [4.78, 5) is 9.62. The summed E-state index contributed by atoms with van der Waals surface area (Å²) in [5.74, 6) is 0. The number of anilines is 12. The monoisotopic (exact) mass is 1370 g/mol. The lowest BCUT2D eigenvalue weighted by molar-refractivity contribution is 1.30. The molecule has 0 N–H and O–H groups in total. The van der Waals surface area contributed by atoms with Crippen molar-refractivity contribution >= 4 is 165 Å². The van der Waals surface area contributed by atoms with Crippen LogP contribution in [0.2, 0.25) is 0 Å². The topological polar surface area (TPSA) is 13.0 Å². The number of nitrogens with zero attached hydrogens (tertiary/aromatic N) is 4. The number of fused-ring (bicyclic) bond motifs is 4. The van der Waals surface area contributed by atoms with Crippen molar-refractivity contribution < 1.29 is 0 Å². The molecule has 0 aromatic heterocycles. The van der Waals surface area contributed by atoms with E-state index in [0.29, 0.717) is 0 Å². The molecule has 0 saturated carbocycles. The second kappa shape index (κ2) is 27.1. The number of para-hydroxylation sites is 8. The van der Waals surface area contributed by atoms with Gasteiger partial charge in [-0.3, -0.25) is 0 Å². The highest BCUT2D eigenvalue weighted by Gasteiger charge is 2.28. The minimum atomic E-state index is 1.11. The fraction of sp³-hybridized carbons (Fsp3) is 0. The van der Waals surface area contributed by atoms with E-state index in [1.54, 1.807) is 0 Å². The van der Waals surface area contributed by atoms with Crippen LogP contribution in [0.4, 0.5) is 68.2 Å². The molecule has 21 aromatic rings. The summed E-state index contributed by atoms with van der Waals surface area (Å²) >= 11 is 0. The van der Waals surface area contributed by atoms with E-state index in [2.05, 4.69) is 444 Å². The smallest absolute Gasteiger partial charge is 0.0546 e. The molecule has 21 aromatic carbocycles. The Labute approximate surface area is 627 Å². The molecule has 21 rings (SSSR count). The Balaban J connectivity index is 0.000000143. The average molecular weight is 1380 g/mol. The van der Waals surface area contributed by atoms with Crippen molar-refractivity contribution in [1.82, 2.24) is 0 Å². The average Bonchev–Trinajstić information content (AvgIpc) is 0.711. The first-order valence-corrected chi connectivity index (χ1v) is 37.1. The normalized spacial score (nSPS) is 11.5. The Kier molecular flexibility index (Phi) is 15.9. The predicted octanol–water partition coefficient (Wildman–Crippen LogP) is 29.8. The Hall–Kier alpha value is -14.3. The highest BCUT2D eigenvalue weighted by Crippen LogP contribution is 2.54. The maximum absolute atomic E-state index is 2.44. The number of benzene rings is 21. The third-order valence-corrected chi connectivity index (χ3v) is 21.7. The summed E-state index contributed by atoms with van der Waals surface area (Å²) < 4.78 is 0. The van der Waals surface area contributed by atoms with E-state index in [1.165, 1.54) is 119 Å². The molecule has 0 spiro atoms. The summed E-state index contributed by atoms with van der Waals surface area (Å²) in [6.45, 7) is 0. The summed E-state index contributed by atoms with van der Waals surface area (Å²) in [6.07, 6.45) is 0. The molecule has 0 bridgehead atoms. The lowest BCUT2D eigenvalue weighted by Crippen LogP contribution is -2.11. The van der Waals surface area contributed by atoms with Gasteiger partial charge in [-0.1, -0.05) is 291 Å². The van der Waals surface area contributed by atoms with Crippen molar-refractivity contribution in [3.05, 3.63) is 425 Å². The number of rotatable bonds is 14. The molecule has 0 aliphatic rings. The van der Waals surface area contributed by atoms with Crippen molar-refractivity contribution in [3.63, 3.8) is 0 Å². The van der Waals surface area contributed by atoms with Gasteiger partial charge in [-0.15, -0.1) is 0 Å². The summed E-state index contributed by atoms with van der Waals surface area (Å²) in [5, 5.41) is 22.4. The minimum Gasteiger partial charge on any atom is -0.310 e. The van der Waals surface area contributed by atoms with Gasteiger partial charge in [-0.2, -0.15) is 0 Å². The van der Waals surface area contributed by atoms with Gasteiger partial charge in [0.1, 0.15) is 0 Å². The maximum atomic E-state index is 2.44. The molecule has 0 amide bonds. The van der Waals surface area contributed by atoms with Crippen molar-refractivity contribution in [3.8, 4) is 22.3 Å². The van der Waals surface area contributed by atoms with Gasteiger partial charge in [0.05, 0.1) is 22.7 Å². The van der Waals surface area contributed by atoms with Crippen LogP contribution in [-0.2, 0) is 0 Å². The number of hydrogen-bond acceptors (Lipinski definition) is 4. The van der Waals surface area contributed by atoms with Crippen LogP contribution in [0.5, 0.6) is 0 Å². The van der Waals surface area contributed by atoms with Crippen LogP contribution < -0.4 is 19.6 Å². The van der Waals surface area contributed by atoms with Gasteiger partial charge in [-0.25, -0.2) is 0 Å². The van der Waals surface area contributed by atoms with Crippen LogP contribution in [-0.4, -0.2) is 0 Å². The van der Waals surface area contributed by atoms with Crippen LogP contribution in [0.3, 0.4) is 0 Å². The largest absolute Gasteiger partial charge is 0.310 e. The molecule has 506 valence electrons. The molecule has 108 heavy (non-hydrogen) atoms. The fourth-order valence-corrected chi connectivity index (χ4v) is 16.9. The quantitative estimate of drug-likeness (QED) is 0.101. The van der Waals surface area contributed by atoms with Gasteiger partial charge in [0.15, 0.2) is 0 Å². The van der Waals surface area contributed by atoms with Gasteiger partial charge in [-0.05, 0) is 220 Å². The lowest BCUT2D eigenvalue weighted by atomic mass is 9.85. The van der Waals surface area contributed by atoms with E-state index in [0.717, 1.165) is 68.2 Å². The van der Waals surface area contributed by atoms with E-state index >= 15 is 0 Å². The Bertz CT molecular complexity index is 6680. The first kappa shape index (κ1) is 63.4. The van der Waals surface area contributed by atoms with Gasteiger partial charge >= 0.3 is 0 Å². The Morgan fingerprint density at radius 3 is 0.824 bits per heavy atom. The van der Waals surface area contributed by atoms with Crippen LogP contribution in [0, 0.1) is 0 Å². The zero-order valence-corrected chi connectivity index (χ0v) is 59.2. The summed E-state index contributed by atoms with van der Waals surface area (Å²) in [7, 11) is 0. The molecule has 0 radical (unpaired) electrons. The van der Waals surface area contributed by atoms with Crippen molar-refractivity contribution in [2.45, 2.75) is 0 Å². The highest BCUT2D eigenvalue weighted by atomic mass is 15.2. The number of hydrogen-bond donors (Lipinski definition) is 0. The Morgan fingerprint density at radius 1 is 0.130 bits per heavy atom. The highest BCUT2D eigenvalue weighted by molar-refractivity contribution is 6.33. The van der Waals surface area contributed by atoms with Gasteiger partial charge < -0.3 is 19.6 Å². The summed E-state index contributed by atoms with van der Waals surface area (Å²) in [6, 6.07) is 154. The van der Waals surface area contributed by atoms with Crippen LogP contribution in [0.15, 0.2) is 425 Å². The standard InChI is InChI=1S/C54H36N2.C50H34N2/c1-5-18-39(19-6-1)55(40-20-7-2-8-21-40)51-34-30-37-29-31-48-52(56(41-22-9-3-10-23-41)42-24-11-4-12-25-42)36-50(46-32-33-47(51)53(37)54(46)48)49-35-38-17-13-14-26-43(38)44-27-15-16-28-45(44)49;1-5-17-39(18-6-1)51(40-19-7-2-8-20-40)47-32-28-36-27-29-45-48(52(41-21-9-3-10-22-41)42-23-11-4-12-24-42)34-46(43-30-31-44(47)49(36)50(43)45)38-26-25-35-15-13-14-16-37(35)33-38/h1-36H;1-34H. The first-order chi connectivity index (χ1) is 53.6. The van der Waals surface area contributed by atoms with E-state index in [4.69, 9.17) is 0 Å². The molecule has 4 nitrogen and oxygen atoms in total. The van der Waals surface area contributed by atoms with E-state index < -0.39 is 0 Å². The Morgan fingerprint density at radius 2 is 0.407 bits per heavy atom. The zero-order chi connectivity index (χ0) is 71.4. The van der Waals surface area contributed by atoms with Crippen LogP contribution in [0.25, 0.3) is 119 Å². The van der Waals surface area contributed by atoms with Crippen molar-refractivity contribution in [2.24, 2.45) is 0 Å². The van der Waals surface area contributed by atoms with Crippen LogP contribution in [0.1, 0.15) is 0 Å². The molecule has 4 heteroatoms. The van der Waals surface area contributed by atoms with E-state index in [1.807, 2.05) is 0 Å². The van der Waals surface area contributed by atoms with Crippen LogP contribution >= 0.6 is 0 Å². The lowest BCUT2D eigenvalue weighted by Gasteiger charge is -2.30. The third kappa shape index (κ3) is 11.0.